The molecule has 0 aromatic heterocycles. The number of carbonyl (C=O) groups excluding carboxylic acids is 4. The van der Waals surface area contributed by atoms with Crippen LogP contribution in [0.2, 0.25) is 0 Å². The van der Waals surface area contributed by atoms with Gasteiger partial charge in [0, 0.05) is 5.56 Å². The first-order chi connectivity index (χ1) is 14.2. The molecular weight excluding hydrogens is 384 g/mol. The van der Waals surface area contributed by atoms with Crippen LogP contribution in [0.15, 0.2) is 36.4 Å². The maximum Gasteiger partial charge on any atom is 0.338 e. The Morgan fingerprint density at radius 2 is 1.67 bits per heavy atom. The van der Waals surface area contributed by atoms with E-state index in [2.05, 4.69) is 5.32 Å². The van der Waals surface area contributed by atoms with Crippen molar-refractivity contribution in [2.75, 3.05) is 6.54 Å². The number of amides is 3. The third-order valence-corrected chi connectivity index (χ3v) is 5.23. The topological polar surface area (TPSA) is 92.8 Å². The van der Waals surface area contributed by atoms with Crippen LogP contribution in [0.25, 0.3) is 0 Å². The number of Topliss-reactive ketones (excluding diaryl/α,β-unsaturated/α-hetero) is 1. The molecule has 7 heteroatoms. The number of nitrogens with one attached hydrogen (secondary N) is 1. The van der Waals surface area contributed by atoms with Crippen LogP contribution in [-0.4, -0.2) is 41.2 Å². The molecule has 7 nitrogen and oxygen atoms in total. The number of esters is 1. The smallest absolute Gasteiger partial charge is 0.338 e. The first-order valence-electron chi connectivity index (χ1n) is 9.67. The zero-order valence-corrected chi connectivity index (χ0v) is 17.4. The second-order valence-electron chi connectivity index (χ2n) is 7.50. The maximum atomic E-state index is 12.8. The Hall–Kier alpha value is -3.48. The molecule has 0 radical (unpaired) electrons. The Labute approximate surface area is 175 Å². The van der Waals surface area contributed by atoms with Crippen LogP contribution >= 0.6 is 0 Å². The quantitative estimate of drug-likeness (QED) is 0.450. The fraction of sp³-hybridized carbons (Fsp3) is 0.304. The van der Waals surface area contributed by atoms with E-state index >= 15 is 0 Å². The molecule has 1 heterocycles. The van der Waals surface area contributed by atoms with E-state index in [-0.39, 0.29) is 30.3 Å². The first kappa shape index (κ1) is 21.2. The van der Waals surface area contributed by atoms with Gasteiger partial charge in [0.1, 0.15) is 0 Å². The Morgan fingerprint density at radius 3 is 2.27 bits per heavy atom. The molecule has 3 amide bonds. The van der Waals surface area contributed by atoms with Crippen molar-refractivity contribution < 1.29 is 23.9 Å². The predicted octanol–water partition coefficient (Wildman–Crippen LogP) is 3.09. The number of hydrogen-bond donors (Lipinski definition) is 1. The number of benzene rings is 2. The van der Waals surface area contributed by atoms with Crippen molar-refractivity contribution >= 4 is 23.7 Å². The lowest BCUT2D eigenvalue weighted by Gasteiger charge is -2.16. The van der Waals surface area contributed by atoms with Gasteiger partial charge in [0.25, 0.3) is 0 Å². The molecule has 3 rings (SSSR count). The van der Waals surface area contributed by atoms with E-state index in [4.69, 9.17) is 4.74 Å². The predicted molar refractivity (Wildman–Crippen MR) is 110 cm³/mol. The normalized spacial score (nSPS) is 14.5. The van der Waals surface area contributed by atoms with Gasteiger partial charge < -0.3 is 10.1 Å². The average molecular weight is 408 g/mol. The third kappa shape index (κ3) is 4.40. The Balaban J connectivity index is 1.65. The molecule has 0 aliphatic carbocycles. The highest BCUT2D eigenvalue weighted by molar-refractivity contribution is 6.03. The minimum absolute atomic E-state index is 0.00482. The van der Waals surface area contributed by atoms with Crippen LogP contribution in [0.1, 0.15) is 49.9 Å². The number of urea groups is 1. The number of nitrogens with zero attached hydrogens (tertiary/aromatic N) is 1. The minimum atomic E-state index is -0.927. The summed E-state index contributed by atoms with van der Waals surface area (Å²) in [5.74, 6) is -1.16. The van der Waals surface area contributed by atoms with Crippen molar-refractivity contribution in [3.8, 4) is 0 Å². The molecule has 30 heavy (non-hydrogen) atoms. The van der Waals surface area contributed by atoms with Crippen LogP contribution < -0.4 is 5.32 Å². The van der Waals surface area contributed by atoms with E-state index in [0.29, 0.717) is 11.1 Å². The Kier molecular flexibility index (Phi) is 6.01. The van der Waals surface area contributed by atoms with Gasteiger partial charge in [-0.15, -0.1) is 0 Å². The van der Waals surface area contributed by atoms with E-state index in [1.165, 1.54) is 0 Å². The van der Waals surface area contributed by atoms with Crippen LogP contribution in [0.5, 0.6) is 0 Å². The molecule has 2 aromatic rings. The molecule has 1 aliphatic rings. The lowest BCUT2D eigenvalue weighted by atomic mass is 9.96. The molecule has 1 N–H and O–H groups in total. The molecular formula is C23H24N2O5. The fourth-order valence-corrected chi connectivity index (χ4v) is 3.27. The number of ketones is 1. The van der Waals surface area contributed by atoms with E-state index < -0.39 is 18.1 Å². The highest BCUT2D eigenvalue weighted by atomic mass is 16.5. The molecule has 2 aromatic carbocycles. The number of carbonyl (C=O) groups is 4. The summed E-state index contributed by atoms with van der Waals surface area (Å²) in [6, 6.07) is 9.73. The fourth-order valence-electron chi connectivity index (χ4n) is 3.27. The molecule has 0 bridgehead atoms. The first-order valence-corrected chi connectivity index (χ1v) is 9.67. The molecule has 1 aliphatic heterocycles. The zero-order valence-electron chi connectivity index (χ0n) is 17.4. The van der Waals surface area contributed by atoms with Crippen molar-refractivity contribution in [3.63, 3.8) is 0 Å². The summed E-state index contributed by atoms with van der Waals surface area (Å²) in [7, 11) is 0. The SMILES string of the molecule is Cc1cc(C)c(C(=O)C(C)OC(=O)c2ccc(CN3C(=O)CNC3=O)cc2)cc1C. The van der Waals surface area contributed by atoms with Gasteiger partial charge in [-0.3, -0.25) is 14.5 Å². The van der Waals surface area contributed by atoms with Crippen LogP contribution in [0.3, 0.4) is 0 Å². The summed E-state index contributed by atoms with van der Waals surface area (Å²) in [6.45, 7) is 7.45. The summed E-state index contributed by atoms with van der Waals surface area (Å²) in [6.07, 6.45) is -0.927. The second-order valence-corrected chi connectivity index (χ2v) is 7.50. The molecule has 1 saturated heterocycles. The highest BCUT2D eigenvalue weighted by Crippen LogP contribution is 2.19. The molecule has 1 fully saturated rings. The van der Waals surface area contributed by atoms with Crippen molar-refractivity contribution in [1.29, 1.82) is 0 Å². The summed E-state index contributed by atoms with van der Waals surface area (Å²) >= 11 is 0. The van der Waals surface area contributed by atoms with Gasteiger partial charge in [-0.2, -0.15) is 0 Å². The number of imide groups is 1. The molecule has 0 spiro atoms. The molecule has 156 valence electrons. The standard InChI is InChI=1S/C23H24N2O5/c1-13-9-15(3)19(10-14(13)2)21(27)16(4)30-22(28)18-7-5-17(6-8-18)12-25-20(26)11-24-23(25)29/h5-10,16H,11-12H2,1-4H3,(H,24,29). The van der Waals surface area contributed by atoms with Gasteiger partial charge in [0.05, 0.1) is 18.7 Å². The van der Waals surface area contributed by atoms with E-state index in [1.54, 1.807) is 31.2 Å². The highest BCUT2D eigenvalue weighted by Gasteiger charge is 2.28. The minimum Gasteiger partial charge on any atom is -0.451 e. The van der Waals surface area contributed by atoms with Crippen LogP contribution in [-0.2, 0) is 16.1 Å². The van der Waals surface area contributed by atoms with Crippen LogP contribution in [0.4, 0.5) is 4.79 Å². The monoisotopic (exact) mass is 408 g/mol. The zero-order chi connectivity index (χ0) is 22.0. The van der Waals surface area contributed by atoms with Crippen molar-refractivity contribution in [1.82, 2.24) is 10.2 Å². The number of rotatable bonds is 6. The molecule has 1 atom stereocenters. The molecule has 0 saturated carbocycles. The van der Waals surface area contributed by atoms with Crippen LogP contribution in [0, 0.1) is 20.8 Å². The maximum absolute atomic E-state index is 12.8. The van der Waals surface area contributed by atoms with Gasteiger partial charge in [0.15, 0.2) is 6.10 Å². The lowest BCUT2D eigenvalue weighted by Crippen LogP contribution is -2.30. The van der Waals surface area contributed by atoms with E-state index in [9.17, 15) is 19.2 Å². The van der Waals surface area contributed by atoms with Gasteiger partial charge >= 0.3 is 12.0 Å². The lowest BCUT2D eigenvalue weighted by molar-refractivity contribution is -0.125. The second kappa shape index (κ2) is 8.49. The van der Waals surface area contributed by atoms with Crippen molar-refractivity contribution in [3.05, 3.63) is 69.8 Å². The summed E-state index contributed by atoms with van der Waals surface area (Å²) in [5, 5.41) is 2.46. The third-order valence-electron chi connectivity index (χ3n) is 5.23. The number of hydrogen-bond acceptors (Lipinski definition) is 5. The van der Waals surface area contributed by atoms with Crippen molar-refractivity contribution in [2.24, 2.45) is 0 Å². The summed E-state index contributed by atoms with van der Waals surface area (Å²) < 4.78 is 5.37. The number of ether oxygens (including phenoxy) is 1. The largest absolute Gasteiger partial charge is 0.451 e. The van der Waals surface area contributed by atoms with Gasteiger partial charge in [-0.05, 0) is 68.1 Å². The summed E-state index contributed by atoms with van der Waals surface area (Å²) in [5.41, 5.74) is 4.47. The van der Waals surface area contributed by atoms with Crippen molar-refractivity contribution in [2.45, 2.75) is 40.3 Å². The van der Waals surface area contributed by atoms with Gasteiger partial charge in [-0.1, -0.05) is 18.2 Å². The van der Waals surface area contributed by atoms with Gasteiger partial charge in [-0.25, -0.2) is 9.59 Å². The molecule has 1 unspecified atom stereocenters. The Bertz CT molecular complexity index is 1010. The Morgan fingerprint density at radius 1 is 1.03 bits per heavy atom. The van der Waals surface area contributed by atoms with E-state index in [0.717, 1.165) is 21.6 Å². The average Bonchev–Trinajstić information content (AvgIpc) is 3.02. The summed E-state index contributed by atoms with van der Waals surface area (Å²) in [4.78, 5) is 49.6. The number of aryl methyl sites for hydroxylation is 3. The van der Waals surface area contributed by atoms with Gasteiger partial charge in [0.2, 0.25) is 11.7 Å². The van der Waals surface area contributed by atoms with E-state index in [1.807, 2.05) is 32.9 Å².